The third-order valence-electron chi connectivity index (χ3n) is 5.81. The van der Waals surface area contributed by atoms with Gasteiger partial charge in [-0.1, -0.05) is 104 Å². The van der Waals surface area contributed by atoms with Gasteiger partial charge in [-0.05, 0) is 60.2 Å². The van der Waals surface area contributed by atoms with E-state index in [0.29, 0.717) is 0 Å². The number of benzene rings is 4. The summed E-state index contributed by atoms with van der Waals surface area (Å²) in [7, 11) is 0. The fourth-order valence-electron chi connectivity index (χ4n) is 4.21. The predicted molar refractivity (Wildman–Crippen MR) is 138 cm³/mol. The molecule has 0 amide bonds. The van der Waals surface area contributed by atoms with Crippen molar-refractivity contribution in [2.24, 2.45) is 0 Å². The highest BCUT2D eigenvalue weighted by atomic mass is 16.1. The molecule has 33 heavy (non-hydrogen) atoms. The summed E-state index contributed by atoms with van der Waals surface area (Å²) in [6.07, 6.45) is 3.09. The van der Waals surface area contributed by atoms with Crippen LogP contribution in [0, 0.1) is 11.8 Å². The van der Waals surface area contributed by atoms with E-state index in [-0.39, 0.29) is 5.78 Å². The van der Waals surface area contributed by atoms with Gasteiger partial charge >= 0.3 is 0 Å². The van der Waals surface area contributed by atoms with E-state index < -0.39 is 0 Å². The van der Waals surface area contributed by atoms with Gasteiger partial charge in [-0.25, -0.2) is 0 Å². The minimum Gasteiger partial charge on any atom is -0.294 e. The molecule has 0 spiro atoms. The van der Waals surface area contributed by atoms with E-state index in [2.05, 4.69) is 49.1 Å². The Hall–Kier alpha value is -3.89. The summed E-state index contributed by atoms with van der Waals surface area (Å²) in [5.74, 6) is 6.88. The average Bonchev–Trinajstić information content (AvgIpc) is 2.87. The fourth-order valence-corrected chi connectivity index (χ4v) is 4.21. The molecule has 0 heterocycles. The molecule has 0 saturated heterocycles. The molecule has 4 aromatic rings. The zero-order valence-corrected chi connectivity index (χ0v) is 19.3. The molecular weight excluding hydrogens is 400 g/mol. The van der Waals surface area contributed by atoms with Gasteiger partial charge in [-0.3, -0.25) is 4.79 Å². The first-order valence-corrected chi connectivity index (χ1v) is 11.6. The van der Waals surface area contributed by atoms with Gasteiger partial charge in [0.1, 0.15) is 0 Å². The third kappa shape index (κ3) is 5.13. The molecule has 0 aliphatic rings. The van der Waals surface area contributed by atoms with Crippen molar-refractivity contribution in [1.82, 2.24) is 0 Å². The highest BCUT2D eigenvalue weighted by Crippen LogP contribution is 2.38. The second kappa shape index (κ2) is 10.6. The van der Waals surface area contributed by atoms with Crippen molar-refractivity contribution in [1.29, 1.82) is 0 Å². The smallest absolute Gasteiger partial charge is 0.161 e. The number of rotatable bonds is 6. The molecule has 0 aromatic heterocycles. The Morgan fingerprint density at radius 2 is 1.33 bits per heavy atom. The van der Waals surface area contributed by atoms with E-state index in [1.807, 2.05) is 66.7 Å². The van der Waals surface area contributed by atoms with Crippen molar-refractivity contribution >= 4 is 5.78 Å². The summed E-state index contributed by atoms with van der Waals surface area (Å²) in [6.45, 7) is 3.86. The van der Waals surface area contributed by atoms with E-state index in [1.54, 1.807) is 6.92 Å². The van der Waals surface area contributed by atoms with Gasteiger partial charge in [0.25, 0.3) is 0 Å². The molecule has 0 N–H and O–H groups in total. The summed E-state index contributed by atoms with van der Waals surface area (Å²) >= 11 is 0. The zero-order valence-electron chi connectivity index (χ0n) is 19.3. The van der Waals surface area contributed by atoms with Crippen LogP contribution in [0.1, 0.15) is 53.7 Å². The summed E-state index contributed by atoms with van der Waals surface area (Å²) in [5, 5.41) is 0. The van der Waals surface area contributed by atoms with E-state index in [9.17, 15) is 4.79 Å². The first-order chi connectivity index (χ1) is 16.2. The summed E-state index contributed by atoms with van der Waals surface area (Å²) in [5.41, 5.74) is 7.87. The van der Waals surface area contributed by atoms with E-state index >= 15 is 0 Å². The molecule has 0 radical (unpaired) electrons. The second-order valence-corrected chi connectivity index (χ2v) is 8.22. The van der Waals surface area contributed by atoms with Gasteiger partial charge < -0.3 is 0 Å². The van der Waals surface area contributed by atoms with Crippen molar-refractivity contribution in [2.75, 3.05) is 0 Å². The number of unbranched alkanes of at least 4 members (excludes halogenated alkanes) is 1. The first kappa shape index (κ1) is 22.3. The molecule has 1 nitrogen and oxygen atoms in total. The predicted octanol–water partition coefficient (Wildman–Crippen LogP) is 7.97. The lowest BCUT2D eigenvalue weighted by molar-refractivity contribution is 0.101. The number of carbonyl (C=O) groups is 1. The van der Waals surface area contributed by atoms with Crippen molar-refractivity contribution in [3.05, 3.63) is 119 Å². The van der Waals surface area contributed by atoms with Crippen LogP contribution in [0.25, 0.3) is 22.3 Å². The number of carbonyl (C=O) groups excluding carboxylic acids is 1. The van der Waals surface area contributed by atoms with Crippen LogP contribution in [0.2, 0.25) is 0 Å². The van der Waals surface area contributed by atoms with Crippen molar-refractivity contribution in [3.63, 3.8) is 0 Å². The van der Waals surface area contributed by atoms with Gasteiger partial charge in [-0.2, -0.15) is 0 Å². The second-order valence-electron chi connectivity index (χ2n) is 8.22. The van der Waals surface area contributed by atoms with Gasteiger partial charge in [0.2, 0.25) is 0 Å². The Morgan fingerprint density at radius 1 is 0.758 bits per heavy atom. The van der Waals surface area contributed by atoms with Crippen molar-refractivity contribution in [2.45, 2.75) is 33.1 Å². The summed E-state index contributed by atoms with van der Waals surface area (Å²) in [4.78, 5) is 13.1. The molecule has 0 atom stereocenters. The Bertz CT molecular complexity index is 1290. The van der Waals surface area contributed by atoms with E-state index in [1.165, 1.54) is 5.56 Å². The van der Waals surface area contributed by atoms with Gasteiger partial charge in [-0.15, -0.1) is 0 Å². The topological polar surface area (TPSA) is 17.1 Å². The number of hydrogen-bond acceptors (Lipinski definition) is 1. The normalized spacial score (nSPS) is 10.4. The lowest BCUT2D eigenvalue weighted by atomic mass is 9.82. The van der Waals surface area contributed by atoms with Crippen molar-refractivity contribution < 1.29 is 4.79 Å². The standard InChI is InChI=1S/C32H28O/c1-3-4-16-28-23-30(26-17-10-6-11-18-26)31(24(2)33)32(27-19-12-7-13-20-27)29(28)22-21-25-14-8-5-9-15-25/h5-15,17-20,23H,3-4,16H2,1-2H3. The maximum Gasteiger partial charge on any atom is 0.161 e. The van der Waals surface area contributed by atoms with Gasteiger partial charge in [0.15, 0.2) is 5.78 Å². The maximum absolute atomic E-state index is 13.1. The number of aryl methyl sites for hydroxylation is 1. The van der Waals surface area contributed by atoms with Crippen LogP contribution < -0.4 is 0 Å². The maximum atomic E-state index is 13.1. The highest BCUT2D eigenvalue weighted by Gasteiger charge is 2.22. The quantitative estimate of drug-likeness (QED) is 0.225. The minimum absolute atomic E-state index is 0.0532. The minimum atomic E-state index is 0.0532. The zero-order chi connectivity index (χ0) is 23.0. The Balaban J connectivity index is 2.08. The summed E-state index contributed by atoms with van der Waals surface area (Å²) in [6, 6.07) is 32.6. The highest BCUT2D eigenvalue weighted by molar-refractivity contribution is 6.08. The molecule has 0 unspecified atom stereocenters. The Morgan fingerprint density at radius 3 is 1.91 bits per heavy atom. The molecule has 0 saturated carbocycles. The molecule has 1 heteroatoms. The number of Topliss-reactive ketones (excluding diaryl/α,β-unsaturated/α-hetero) is 1. The Kier molecular flexibility index (Phi) is 7.18. The lowest BCUT2D eigenvalue weighted by Gasteiger charge is -2.19. The summed E-state index contributed by atoms with van der Waals surface area (Å²) < 4.78 is 0. The van der Waals surface area contributed by atoms with Crippen LogP contribution in [0.5, 0.6) is 0 Å². The Labute approximate surface area is 197 Å². The molecule has 4 aromatic carbocycles. The SMILES string of the molecule is CCCCc1cc(-c2ccccc2)c(C(C)=O)c(-c2ccccc2)c1C#Cc1ccccc1. The molecule has 0 fully saturated rings. The number of hydrogen-bond donors (Lipinski definition) is 0. The van der Waals surface area contributed by atoms with E-state index in [4.69, 9.17) is 0 Å². The molecule has 4 rings (SSSR count). The van der Waals surface area contributed by atoms with Crippen LogP contribution in [-0.2, 0) is 6.42 Å². The molecule has 0 aliphatic heterocycles. The molecule has 0 bridgehead atoms. The van der Waals surface area contributed by atoms with Gasteiger partial charge in [0.05, 0.1) is 0 Å². The molecule has 162 valence electrons. The van der Waals surface area contributed by atoms with Gasteiger partial charge in [0, 0.05) is 22.3 Å². The van der Waals surface area contributed by atoms with Crippen LogP contribution in [-0.4, -0.2) is 5.78 Å². The average molecular weight is 429 g/mol. The van der Waals surface area contributed by atoms with Crippen molar-refractivity contribution in [3.8, 4) is 34.1 Å². The molecular formula is C32H28O. The van der Waals surface area contributed by atoms with Crippen LogP contribution in [0.15, 0.2) is 97.1 Å². The van der Waals surface area contributed by atoms with Crippen LogP contribution >= 0.6 is 0 Å². The van der Waals surface area contributed by atoms with Crippen LogP contribution in [0.4, 0.5) is 0 Å². The largest absolute Gasteiger partial charge is 0.294 e. The van der Waals surface area contributed by atoms with E-state index in [0.717, 1.165) is 58.2 Å². The third-order valence-corrected chi connectivity index (χ3v) is 5.81. The number of ketones is 1. The fraction of sp³-hybridized carbons (Fsp3) is 0.156. The van der Waals surface area contributed by atoms with Crippen LogP contribution in [0.3, 0.4) is 0 Å². The monoisotopic (exact) mass is 428 g/mol. The first-order valence-electron chi connectivity index (χ1n) is 11.6. The lowest BCUT2D eigenvalue weighted by Crippen LogP contribution is -2.06. The molecule has 0 aliphatic carbocycles.